The number of benzene rings is 4. The third kappa shape index (κ3) is 7.05. The van der Waals surface area contributed by atoms with Crippen LogP contribution in [0.15, 0.2) is 103 Å². The number of aromatic nitrogens is 1. The van der Waals surface area contributed by atoms with Gasteiger partial charge in [0, 0.05) is 23.9 Å². The molecule has 1 heterocycles. The largest absolute Gasteiger partial charge is 0.497 e. The Morgan fingerprint density at radius 1 is 0.812 bits per heavy atom. The Morgan fingerprint density at radius 2 is 1.44 bits per heavy atom. The van der Waals surface area contributed by atoms with Gasteiger partial charge in [0.2, 0.25) is 0 Å². The van der Waals surface area contributed by atoms with Gasteiger partial charge in [-0.25, -0.2) is 14.4 Å². The molecule has 1 atom stereocenters. The number of fused-ring (bicyclic) bond motifs is 4. The number of para-hydroxylation sites is 1. The maximum atomic E-state index is 13.6. The lowest BCUT2D eigenvalue weighted by Crippen LogP contribution is -2.43. The summed E-state index contributed by atoms with van der Waals surface area (Å²) in [6.07, 6.45) is 0.386. The van der Waals surface area contributed by atoms with E-state index in [2.05, 4.69) is 17.4 Å². The number of amides is 1. The first-order chi connectivity index (χ1) is 23.1. The van der Waals surface area contributed by atoms with Gasteiger partial charge in [-0.2, -0.15) is 0 Å². The number of nitrogens with one attached hydrogen (secondary N) is 1. The van der Waals surface area contributed by atoms with Crippen molar-refractivity contribution in [3.8, 4) is 16.9 Å². The number of nitrogens with zero attached hydrogens (tertiary/aromatic N) is 1. The summed E-state index contributed by atoms with van der Waals surface area (Å²) in [6, 6.07) is 29.5. The molecule has 0 unspecified atom stereocenters. The van der Waals surface area contributed by atoms with Crippen LogP contribution in [0.2, 0.25) is 0 Å². The molecule has 0 saturated carbocycles. The fourth-order valence-corrected chi connectivity index (χ4v) is 6.05. The van der Waals surface area contributed by atoms with E-state index in [4.69, 9.17) is 18.9 Å². The molecule has 246 valence electrons. The summed E-state index contributed by atoms with van der Waals surface area (Å²) in [5.41, 5.74) is 5.71. The van der Waals surface area contributed by atoms with Gasteiger partial charge in [0.05, 0.1) is 12.6 Å². The monoisotopic (exact) mass is 646 g/mol. The first-order valence-electron chi connectivity index (χ1n) is 15.8. The highest BCUT2D eigenvalue weighted by atomic mass is 16.6. The van der Waals surface area contributed by atoms with Crippen LogP contribution in [0.5, 0.6) is 5.75 Å². The molecule has 0 fully saturated rings. The molecule has 9 heteroatoms. The fraction of sp³-hybridized carbons (Fsp3) is 0.256. The maximum absolute atomic E-state index is 13.6. The maximum Gasteiger partial charge on any atom is 0.419 e. The zero-order chi connectivity index (χ0) is 33.8. The van der Waals surface area contributed by atoms with E-state index < -0.39 is 29.8 Å². The van der Waals surface area contributed by atoms with Crippen molar-refractivity contribution in [1.29, 1.82) is 0 Å². The van der Waals surface area contributed by atoms with Gasteiger partial charge in [0.1, 0.15) is 30.6 Å². The van der Waals surface area contributed by atoms with Gasteiger partial charge < -0.3 is 24.3 Å². The third-order valence-corrected chi connectivity index (χ3v) is 8.27. The summed E-state index contributed by atoms with van der Waals surface area (Å²) in [4.78, 5) is 40.1. The molecule has 0 aliphatic heterocycles. The number of hydrogen-bond donors (Lipinski definition) is 1. The highest BCUT2D eigenvalue weighted by molar-refractivity contribution is 5.93. The minimum atomic E-state index is -1.11. The molecule has 0 bridgehead atoms. The number of carbonyl (C=O) groups is 3. The molecule has 6 rings (SSSR count). The number of carbonyl (C=O) groups excluding carboxylic acids is 3. The van der Waals surface area contributed by atoms with Crippen molar-refractivity contribution in [2.45, 2.75) is 51.4 Å². The summed E-state index contributed by atoms with van der Waals surface area (Å²) in [7, 11) is 1.58. The molecule has 0 spiro atoms. The molecule has 48 heavy (non-hydrogen) atoms. The molecule has 1 aliphatic carbocycles. The molecule has 4 aromatic carbocycles. The minimum absolute atomic E-state index is 0.00857. The zero-order valence-electron chi connectivity index (χ0n) is 27.4. The molecule has 1 aromatic heterocycles. The van der Waals surface area contributed by atoms with E-state index in [1.165, 1.54) is 4.57 Å². The normalized spacial score (nSPS) is 12.9. The number of methoxy groups -OCH3 is 1. The third-order valence-electron chi connectivity index (χ3n) is 8.27. The lowest BCUT2D eigenvalue weighted by Gasteiger charge is -2.20. The highest BCUT2D eigenvalue weighted by Crippen LogP contribution is 2.44. The Hall–Kier alpha value is -5.57. The van der Waals surface area contributed by atoms with Crippen LogP contribution in [0.25, 0.3) is 22.0 Å². The number of ether oxygens (including phenoxy) is 4. The summed E-state index contributed by atoms with van der Waals surface area (Å²) in [5, 5.41) is 3.49. The van der Waals surface area contributed by atoms with Crippen LogP contribution in [0.4, 0.5) is 9.59 Å². The second-order valence-electron chi connectivity index (χ2n) is 12.7. The van der Waals surface area contributed by atoms with E-state index in [1.807, 2.05) is 54.6 Å². The minimum Gasteiger partial charge on any atom is -0.497 e. The SMILES string of the molecule is COc1ccc(COC(=O)[C@@H](Cc2cn(C(=O)OC(C)(C)C)c3ccccc23)NC(=O)OCC2c3ccccc3-c3ccccc32)cc1. The van der Waals surface area contributed by atoms with Crippen molar-refractivity contribution >= 4 is 29.1 Å². The van der Waals surface area contributed by atoms with Crippen LogP contribution >= 0.6 is 0 Å². The summed E-state index contributed by atoms with van der Waals surface area (Å²) >= 11 is 0. The van der Waals surface area contributed by atoms with Crippen LogP contribution in [-0.4, -0.2) is 48.1 Å². The van der Waals surface area contributed by atoms with Crippen LogP contribution < -0.4 is 10.1 Å². The predicted octanol–water partition coefficient (Wildman–Crippen LogP) is 7.63. The van der Waals surface area contributed by atoms with Crippen LogP contribution in [-0.2, 0) is 32.0 Å². The Labute approximate surface area is 279 Å². The Morgan fingerprint density at radius 3 is 2.08 bits per heavy atom. The van der Waals surface area contributed by atoms with Gasteiger partial charge >= 0.3 is 18.2 Å². The van der Waals surface area contributed by atoms with E-state index in [0.717, 1.165) is 33.2 Å². The Balaban J connectivity index is 1.23. The van der Waals surface area contributed by atoms with Crippen LogP contribution in [0.1, 0.15) is 48.9 Å². The van der Waals surface area contributed by atoms with E-state index in [9.17, 15) is 14.4 Å². The van der Waals surface area contributed by atoms with Crippen LogP contribution in [0, 0.1) is 0 Å². The van der Waals surface area contributed by atoms with Gasteiger partial charge in [-0.3, -0.25) is 4.57 Å². The topological polar surface area (TPSA) is 105 Å². The first-order valence-corrected chi connectivity index (χ1v) is 15.8. The van der Waals surface area contributed by atoms with Crippen molar-refractivity contribution in [2.75, 3.05) is 13.7 Å². The standard InChI is InChI=1S/C39H38N2O7/c1-39(2,3)48-38(44)41-22-26(28-11-9-10-16-35(28)41)21-34(36(42)46-23-25-17-19-27(45-4)20-18-25)40-37(43)47-24-33-31-14-7-5-12-29(31)30-13-6-8-15-32(30)33/h5-20,22,33-34H,21,23-24H2,1-4H3,(H,40,43)/t34-/m1/s1. The second kappa shape index (κ2) is 13.7. The van der Waals surface area contributed by atoms with E-state index in [0.29, 0.717) is 16.8 Å². The Bertz CT molecular complexity index is 1910. The molecular weight excluding hydrogens is 608 g/mol. The number of esters is 1. The number of alkyl carbamates (subject to hydrolysis) is 1. The molecule has 1 N–H and O–H groups in total. The van der Waals surface area contributed by atoms with Crippen LogP contribution in [0.3, 0.4) is 0 Å². The van der Waals surface area contributed by atoms with E-state index in [1.54, 1.807) is 64.4 Å². The lowest BCUT2D eigenvalue weighted by atomic mass is 9.98. The van der Waals surface area contributed by atoms with E-state index in [-0.39, 0.29) is 25.6 Å². The summed E-state index contributed by atoms with van der Waals surface area (Å²) in [5.74, 6) is -0.106. The average molecular weight is 647 g/mol. The fourth-order valence-electron chi connectivity index (χ4n) is 6.05. The van der Waals surface area contributed by atoms with Gasteiger partial charge in [0.25, 0.3) is 0 Å². The van der Waals surface area contributed by atoms with Crippen molar-refractivity contribution in [2.24, 2.45) is 0 Å². The highest BCUT2D eigenvalue weighted by Gasteiger charge is 2.31. The van der Waals surface area contributed by atoms with Crippen molar-refractivity contribution in [1.82, 2.24) is 9.88 Å². The number of rotatable bonds is 9. The van der Waals surface area contributed by atoms with Gasteiger partial charge in [-0.05, 0) is 72.4 Å². The quantitative estimate of drug-likeness (QED) is 0.130. The van der Waals surface area contributed by atoms with Crippen molar-refractivity contribution in [3.05, 3.63) is 126 Å². The summed E-state index contributed by atoms with van der Waals surface area (Å²) in [6.45, 7) is 5.47. The molecule has 1 amide bonds. The lowest BCUT2D eigenvalue weighted by molar-refractivity contribution is -0.147. The molecule has 9 nitrogen and oxygen atoms in total. The van der Waals surface area contributed by atoms with Crippen molar-refractivity contribution in [3.63, 3.8) is 0 Å². The summed E-state index contributed by atoms with van der Waals surface area (Å²) < 4.78 is 23.7. The first kappa shape index (κ1) is 32.4. The average Bonchev–Trinajstić information content (AvgIpc) is 3.61. The Kier molecular flexibility index (Phi) is 9.21. The molecule has 0 radical (unpaired) electrons. The zero-order valence-corrected chi connectivity index (χ0v) is 27.4. The van der Waals surface area contributed by atoms with Crippen molar-refractivity contribution < 1.29 is 33.3 Å². The van der Waals surface area contributed by atoms with Gasteiger partial charge in [-0.15, -0.1) is 0 Å². The molecule has 0 saturated heterocycles. The van der Waals surface area contributed by atoms with E-state index >= 15 is 0 Å². The van der Waals surface area contributed by atoms with Gasteiger partial charge in [-0.1, -0.05) is 78.9 Å². The second-order valence-corrected chi connectivity index (χ2v) is 12.7. The smallest absolute Gasteiger partial charge is 0.419 e. The number of hydrogen-bond acceptors (Lipinski definition) is 7. The predicted molar refractivity (Wildman–Crippen MR) is 182 cm³/mol. The van der Waals surface area contributed by atoms with Gasteiger partial charge in [0.15, 0.2) is 0 Å². The molecular formula is C39H38N2O7. The molecule has 1 aliphatic rings. The molecule has 5 aromatic rings.